The molecule has 1 aromatic carbocycles. The van der Waals surface area contributed by atoms with Gasteiger partial charge in [0.15, 0.2) is 0 Å². The number of likely N-dealkylation sites (N-methyl/N-ethyl adjacent to an activating group) is 1. The van der Waals surface area contributed by atoms with Crippen molar-refractivity contribution in [1.82, 2.24) is 4.90 Å². The topological polar surface area (TPSA) is 49.5 Å². The molecular weight excluding hydrogens is 256 g/mol. The van der Waals surface area contributed by atoms with Crippen LogP contribution in [0, 0.1) is 0 Å². The smallest absolute Gasteiger partial charge is 0.0599 e. The highest BCUT2D eigenvalue weighted by Crippen LogP contribution is 2.17. The summed E-state index contributed by atoms with van der Waals surface area (Å²) >= 11 is 3.50. The van der Waals surface area contributed by atoms with Crippen LogP contribution in [-0.2, 0) is 6.54 Å². The number of nitrogens with zero attached hydrogens (tertiary/aromatic N) is 1. The number of nitrogens with two attached hydrogens (primary N) is 1. The number of aliphatic hydroxyl groups excluding tert-OH is 1. The van der Waals surface area contributed by atoms with Gasteiger partial charge < -0.3 is 10.8 Å². The molecule has 0 radical (unpaired) electrons. The maximum absolute atomic E-state index is 9.11. The quantitative estimate of drug-likeness (QED) is 0.847. The first-order valence-corrected chi connectivity index (χ1v) is 5.73. The van der Waals surface area contributed by atoms with Crippen molar-refractivity contribution >= 4 is 15.9 Å². The lowest BCUT2D eigenvalue weighted by molar-refractivity contribution is 0.146. The maximum Gasteiger partial charge on any atom is 0.0599 e. The van der Waals surface area contributed by atoms with Crippen molar-refractivity contribution in [2.24, 2.45) is 5.73 Å². The van der Waals surface area contributed by atoms with E-state index in [-0.39, 0.29) is 12.6 Å². The molecule has 0 saturated carbocycles. The van der Waals surface area contributed by atoms with Gasteiger partial charge in [-0.2, -0.15) is 0 Å². The van der Waals surface area contributed by atoms with Gasteiger partial charge in [-0.3, -0.25) is 4.90 Å². The molecule has 0 fully saturated rings. The molecule has 4 heteroatoms. The van der Waals surface area contributed by atoms with Crippen LogP contribution in [0.2, 0.25) is 0 Å². The van der Waals surface area contributed by atoms with Crippen molar-refractivity contribution in [3.63, 3.8) is 0 Å². The molecule has 0 amide bonds. The third-order valence-corrected chi connectivity index (χ3v) is 3.26. The van der Waals surface area contributed by atoms with E-state index in [0.29, 0.717) is 6.54 Å². The first-order chi connectivity index (χ1) is 7.19. The molecule has 1 aromatic rings. The van der Waals surface area contributed by atoms with Crippen LogP contribution in [0.25, 0.3) is 0 Å². The van der Waals surface area contributed by atoms with Gasteiger partial charge >= 0.3 is 0 Å². The molecule has 0 heterocycles. The van der Waals surface area contributed by atoms with Gasteiger partial charge in [-0.15, -0.1) is 0 Å². The molecule has 3 N–H and O–H groups in total. The monoisotopic (exact) mass is 272 g/mol. The van der Waals surface area contributed by atoms with Crippen LogP contribution >= 0.6 is 15.9 Å². The number of halogens is 1. The molecule has 3 nitrogen and oxygen atoms in total. The van der Waals surface area contributed by atoms with Crippen LogP contribution in [0.3, 0.4) is 0 Å². The fourth-order valence-corrected chi connectivity index (χ4v) is 1.83. The minimum Gasteiger partial charge on any atom is -0.395 e. The van der Waals surface area contributed by atoms with Gasteiger partial charge in [-0.05, 0) is 18.7 Å². The Morgan fingerprint density at radius 3 is 2.67 bits per heavy atom. The largest absolute Gasteiger partial charge is 0.395 e. The highest BCUT2D eigenvalue weighted by Gasteiger charge is 2.12. The van der Waals surface area contributed by atoms with Crippen molar-refractivity contribution in [2.75, 3.05) is 20.2 Å². The van der Waals surface area contributed by atoms with E-state index in [0.717, 1.165) is 11.0 Å². The second-order valence-electron chi connectivity index (χ2n) is 3.58. The summed E-state index contributed by atoms with van der Waals surface area (Å²) < 4.78 is 1.09. The van der Waals surface area contributed by atoms with Crippen LogP contribution in [0.4, 0.5) is 0 Å². The summed E-state index contributed by atoms with van der Waals surface area (Å²) in [5.74, 6) is 0. The third-order valence-electron chi connectivity index (χ3n) is 2.48. The van der Waals surface area contributed by atoms with Gasteiger partial charge in [0.2, 0.25) is 0 Å². The van der Waals surface area contributed by atoms with Gasteiger partial charge in [0.25, 0.3) is 0 Å². The van der Waals surface area contributed by atoms with Gasteiger partial charge in [-0.1, -0.05) is 34.1 Å². The Bertz CT molecular complexity index is 302. The number of hydrogen-bond donors (Lipinski definition) is 2. The molecule has 0 aromatic heterocycles. The Balaban J connectivity index is 2.65. The molecule has 0 bridgehead atoms. The van der Waals surface area contributed by atoms with Crippen LogP contribution in [0.15, 0.2) is 28.7 Å². The molecule has 0 aliphatic rings. The fourth-order valence-electron chi connectivity index (χ4n) is 1.42. The van der Waals surface area contributed by atoms with Crippen molar-refractivity contribution < 1.29 is 5.11 Å². The summed E-state index contributed by atoms with van der Waals surface area (Å²) in [4.78, 5) is 2.06. The Labute approximate surface area is 99.0 Å². The van der Waals surface area contributed by atoms with Gasteiger partial charge in [0.05, 0.1) is 6.61 Å². The Morgan fingerprint density at radius 1 is 1.47 bits per heavy atom. The summed E-state index contributed by atoms with van der Waals surface area (Å²) in [5.41, 5.74) is 6.76. The van der Waals surface area contributed by atoms with E-state index < -0.39 is 0 Å². The molecule has 0 spiro atoms. The minimum atomic E-state index is 0.0251. The predicted octanol–water partition coefficient (Wildman–Crippen LogP) is 1.20. The fraction of sp³-hybridized carbons (Fsp3) is 0.455. The second kappa shape index (κ2) is 6.23. The van der Waals surface area contributed by atoms with Gasteiger partial charge in [-0.25, -0.2) is 0 Å². The predicted molar refractivity (Wildman–Crippen MR) is 65.5 cm³/mol. The molecule has 0 aliphatic carbocycles. The van der Waals surface area contributed by atoms with Crippen molar-refractivity contribution in [3.05, 3.63) is 34.3 Å². The zero-order valence-electron chi connectivity index (χ0n) is 8.86. The van der Waals surface area contributed by atoms with E-state index >= 15 is 0 Å². The SMILES string of the molecule is CN(Cc1ccccc1Br)C(CN)CO. The summed E-state index contributed by atoms with van der Waals surface area (Å²) in [6, 6.07) is 8.09. The minimum absolute atomic E-state index is 0.0251. The van der Waals surface area contributed by atoms with Gasteiger partial charge in [0, 0.05) is 23.6 Å². The summed E-state index contributed by atoms with van der Waals surface area (Å²) in [6.45, 7) is 1.35. The van der Waals surface area contributed by atoms with E-state index in [4.69, 9.17) is 10.8 Å². The number of aliphatic hydroxyl groups is 1. The van der Waals surface area contributed by atoms with E-state index in [1.165, 1.54) is 5.56 Å². The lowest BCUT2D eigenvalue weighted by Crippen LogP contribution is -2.40. The van der Waals surface area contributed by atoms with Crippen molar-refractivity contribution in [3.8, 4) is 0 Å². The number of rotatable bonds is 5. The molecule has 1 unspecified atom stereocenters. The van der Waals surface area contributed by atoms with Gasteiger partial charge in [0.1, 0.15) is 0 Å². The van der Waals surface area contributed by atoms with E-state index in [9.17, 15) is 0 Å². The zero-order chi connectivity index (χ0) is 11.3. The lowest BCUT2D eigenvalue weighted by atomic mass is 10.2. The molecule has 15 heavy (non-hydrogen) atoms. The van der Waals surface area contributed by atoms with Crippen LogP contribution in [0.5, 0.6) is 0 Å². The maximum atomic E-state index is 9.11. The van der Waals surface area contributed by atoms with Crippen molar-refractivity contribution in [2.45, 2.75) is 12.6 Å². The molecule has 1 atom stereocenters. The number of benzene rings is 1. The average Bonchev–Trinajstić information content (AvgIpc) is 2.23. The Kier molecular flexibility index (Phi) is 5.25. The first-order valence-electron chi connectivity index (χ1n) is 4.93. The van der Waals surface area contributed by atoms with E-state index in [2.05, 4.69) is 26.9 Å². The van der Waals surface area contributed by atoms with E-state index in [1.807, 2.05) is 25.2 Å². The normalized spacial score (nSPS) is 13.1. The Hall–Kier alpha value is -0.420. The van der Waals surface area contributed by atoms with Crippen LogP contribution < -0.4 is 5.73 Å². The third kappa shape index (κ3) is 3.57. The lowest BCUT2D eigenvalue weighted by Gasteiger charge is -2.25. The van der Waals surface area contributed by atoms with Crippen LogP contribution in [0.1, 0.15) is 5.56 Å². The summed E-state index contributed by atoms with van der Waals surface area (Å²) in [7, 11) is 1.97. The van der Waals surface area contributed by atoms with E-state index in [1.54, 1.807) is 0 Å². The zero-order valence-corrected chi connectivity index (χ0v) is 10.4. The molecule has 0 saturated heterocycles. The molecule has 1 rings (SSSR count). The summed E-state index contributed by atoms with van der Waals surface area (Å²) in [5, 5.41) is 9.11. The standard InChI is InChI=1S/C11H17BrN2O/c1-14(10(6-13)8-15)7-9-4-2-3-5-11(9)12/h2-5,10,15H,6-8,13H2,1H3. The second-order valence-corrected chi connectivity index (χ2v) is 4.43. The molecular formula is C11H17BrN2O. The van der Waals surface area contributed by atoms with Crippen LogP contribution in [-0.4, -0.2) is 36.2 Å². The molecule has 0 aliphatic heterocycles. The number of hydrogen-bond acceptors (Lipinski definition) is 3. The van der Waals surface area contributed by atoms with Crippen molar-refractivity contribution in [1.29, 1.82) is 0 Å². The summed E-state index contributed by atoms with van der Waals surface area (Å²) in [6.07, 6.45) is 0. The molecule has 84 valence electrons. The highest BCUT2D eigenvalue weighted by atomic mass is 79.9. The Morgan fingerprint density at radius 2 is 2.13 bits per heavy atom. The average molecular weight is 273 g/mol. The highest BCUT2D eigenvalue weighted by molar-refractivity contribution is 9.10. The first kappa shape index (κ1) is 12.6.